The highest BCUT2D eigenvalue weighted by Crippen LogP contribution is 2.07. The van der Waals surface area contributed by atoms with Crippen LogP contribution < -0.4 is 11.1 Å². The molecule has 0 bridgehead atoms. The monoisotopic (exact) mass is 203 g/mol. The maximum atomic E-state index is 5.51. The van der Waals surface area contributed by atoms with Gasteiger partial charge in [0, 0.05) is 18.7 Å². The third-order valence-corrected chi connectivity index (χ3v) is 2.56. The Balaban J connectivity index is 2.12. The Bertz CT molecular complexity index is 340. The molecule has 0 aliphatic carbocycles. The first-order chi connectivity index (χ1) is 7.40. The van der Waals surface area contributed by atoms with Crippen LogP contribution in [0.5, 0.6) is 0 Å². The van der Waals surface area contributed by atoms with E-state index in [0.29, 0.717) is 6.54 Å². The summed E-state index contributed by atoms with van der Waals surface area (Å²) >= 11 is 0. The Hall–Kier alpha value is -1.35. The average molecular weight is 203 g/mol. The summed E-state index contributed by atoms with van der Waals surface area (Å²) in [6, 6.07) is 8.48. The first-order valence-electron chi connectivity index (χ1n) is 5.48. The summed E-state index contributed by atoms with van der Waals surface area (Å²) in [4.78, 5) is 4.46. The number of hydrogen-bond acceptors (Lipinski definition) is 3. The number of rotatable bonds is 3. The molecule has 0 unspecified atom stereocenters. The van der Waals surface area contributed by atoms with E-state index in [4.69, 9.17) is 5.73 Å². The van der Waals surface area contributed by atoms with Gasteiger partial charge in [-0.25, -0.2) is 0 Å². The summed E-state index contributed by atoms with van der Waals surface area (Å²) in [7, 11) is 0. The largest absolute Gasteiger partial charge is 0.370 e. The minimum absolute atomic E-state index is 0.707. The van der Waals surface area contributed by atoms with Gasteiger partial charge in [0.15, 0.2) is 0 Å². The van der Waals surface area contributed by atoms with Crippen LogP contribution in [0.2, 0.25) is 0 Å². The molecule has 3 heteroatoms. The Kier molecular flexibility index (Phi) is 3.35. The minimum Gasteiger partial charge on any atom is -0.370 e. The lowest BCUT2D eigenvalue weighted by atomic mass is 10.1. The normalized spacial score (nSPS) is 15.7. The molecule has 0 fully saturated rings. The molecule has 0 aromatic heterocycles. The van der Waals surface area contributed by atoms with Crippen molar-refractivity contribution >= 4 is 5.84 Å². The van der Waals surface area contributed by atoms with Crippen LogP contribution in [0, 0.1) is 0 Å². The first kappa shape index (κ1) is 10.2. The molecule has 0 atom stereocenters. The molecule has 1 aromatic carbocycles. The molecule has 3 N–H and O–H groups in total. The standard InChI is InChI=1S/C12H17N3/c13-7-6-10-2-4-11(5-3-10)12-14-8-1-9-15-12/h2-5H,1,6-9,13H2,(H,14,15). The van der Waals surface area contributed by atoms with Crippen LogP contribution in [-0.4, -0.2) is 25.5 Å². The molecule has 2 rings (SSSR count). The summed E-state index contributed by atoms with van der Waals surface area (Å²) in [5.74, 6) is 1.03. The van der Waals surface area contributed by atoms with E-state index in [0.717, 1.165) is 31.8 Å². The Morgan fingerprint density at radius 3 is 2.67 bits per heavy atom. The maximum absolute atomic E-state index is 5.51. The van der Waals surface area contributed by atoms with Gasteiger partial charge in [0.05, 0.1) is 0 Å². The molecular weight excluding hydrogens is 186 g/mol. The highest BCUT2D eigenvalue weighted by atomic mass is 15.0. The molecule has 3 nitrogen and oxygen atoms in total. The minimum atomic E-state index is 0.707. The van der Waals surface area contributed by atoms with E-state index in [-0.39, 0.29) is 0 Å². The van der Waals surface area contributed by atoms with Crippen molar-refractivity contribution in [3.8, 4) is 0 Å². The van der Waals surface area contributed by atoms with Crippen LogP contribution in [0.4, 0.5) is 0 Å². The van der Waals surface area contributed by atoms with Gasteiger partial charge in [-0.3, -0.25) is 4.99 Å². The SMILES string of the molecule is NCCc1ccc(C2=NCCCN2)cc1. The predicted molar refractivity (Wildman–Crippen MR) is 63.2 cm³/mol. The van der Waals surface area contributed by atoms with Gasteiger partial charge in [-0.2, -0.15) is 0 Å². The van der Waals surface area contributed by atoms with Crippen LogP contribution in [0.3, 0.4) is 0 Å². The second kappa shape index (κ2) is 4.94. The summed E-state index contributed by atoms with van der Waals surface area (Å²) in [6.07, 6.45) is 2.08. The number of nitrogens with one attached hydrogen (secondary N) is 1. The van der Waals surface area contributed by atoms with Crippen molar-refractivity contribution in [1.82, 2.24) is 5.32 Å². The topological polar surface area (TPSA) is 50.4 Å². The number of benzene rings is 1. The zero-order valence-corrected chi connectivity index (χ0v) is 8.87. The number of amidine groups is 1. The number of nitrogens with two attached hydrogens (primary N) is 1. The van der Waals surface area contributed by atoms with Crippen LogP contribution >= 0.6 is 0 Å². The Labute approximate surface area is 90.4 Å². The van der Waals surface area contributed by atoms with E-state index >= 15 is 0 Å². The van der Waals surface area contributed by atoms with Gasteiger partial charge in [-0.1, -0.05) is 24.3 Å². The van der Waals surface area contributed by atoms with E-state index in [1.807, 2.05) is 0 Å². The van der Waals surface area contributed by atoms with Gasteiger partial charge in [0.1, 0.15) is 5.84 Å². The molecule has 15 heavy (non-hydrogen) atoms. The fourth-order valence-corrected chi connectivity index (χ4v) is 1.72. The predicted octanol–water partition coefficient (Wildman–Crippen LogP) is 0.928. The maximum Gasteiger partial charge on any atom is 0.128 e. The Morgan fingerprint density at radius 2 is 2.07 bits per heavy atom. The van der Waals surface area contributed by atoms with E-state index in [1.54, 1.807) is 0 Å². The van der Waals surface area contributed by atoms with E-state index in [2.05, 4.69) is 34.6 Å². The molecule has 0 amide bonds. The lowest BCUT2D eigenvalue weighted by Crippen LogP contribution is -2.30. The van der Waals surface area contributed by atoms with Crippen LogP contribution in [0.25, 0.3) is 0 Å². The highest BCUT2D eigenvalue weighted by Gasteiger charge is 2.05. The van der Waals surface area contributed by atoms with Gasteiger partial charge < -0.3 is 11.1 Å². The van der Waals surface area contributed by atoms with Crippen molar-refractivity contribution in [3.05, 3.63) is 35.4 Å². The fourth-order valence-electron chi connectivity index (χ4n) is 1.72. The van der Waals surface area contributed by atoms with E-state index in [1.165, 1.54) is 11.1 Å². The van der Waals surface area contributed by atoms with Crippen molar-refractivity contribution in [2.45, 2.75) is 12.8 Å². The third-order valence-electron chi connectivity index (χ3n) is 2.56. The van der Waals surface area contributed by atoms with Crippen molar-refractivity contribution < 1.29 is 0 Å². The molecule has 1 aliphatic heterocycles. The second-order valence-corrected chi connectivity index (χ2v) is 3.75. The van der Waals surface area contributed by atoms with Gasteiger partial charge >= 0.3 is 0 Å². The summed E-state index contributed by atoms with van der Waals surface area (Å²) in [5.41, 5.74) is 7.97. The van der Waals surface area contributed by atoms with Gasteiger partial charge in [-0.15, -0.1) is 0 Å². The molecule has 0 saturated heterocycles. The summed E-state index contributed by atoms with van der Waals surface area (Å²) < 4.78 is 0. The molecule has 0 saturated carbocycles. The van der Waals surface area contributed by atoms with E-state index < -0.39 is 0 Å². The first-order valence-corrected chi connectivity index (χ1v) is 5.48. The van der Waals surface area contributed by atoms with Crippen LogP contribution in [-0.2, 0) is 6.42 Å². The number of nitrogens with zero attached hydrogens (tertiary/aromatic N) is 1. The zero-order valence-electron chi connectivity index (χ0n) is 8.87. The van der Waals surface area contributed by atoms with Gasteiger partial charge in [0.2, 0.25) is 0 Å². The molecule has 1 aromatic rings. The highest BCUT2D eigenvalue weighted by molar-refractivity contribution is 5.99. The van der Waals surface area contributed by atoms with Crippen molar-refractivity contribution in [3.63, 3.8) is 0 Å². The smallest absolute Gasteiger partial charge is 0.128 e. The third kappa shape index (κ3) is 2.57. The van der Waals surface area contributed by atoms with Crippen molar-refractivity contribution in [1.29, 1.82) is 0 Å². The molecule has 1 aliphatic rings. The quantitative estimate of drug-likeness (QED) is 0.767. The van der Waals surface area contributed by atoms with Crippen LogP contribution in [0.15, 0.2) is 29.3 Å². The molecular formula is C12H17N3. The van der Waals surface area contributed by atoms with Gasteiger partial charge in [-0.05, 0) is 24.9 Å². The van der Waals surface area contributed by atoms with Crippen molar-refractivity contribution in [2.24, 2.45) is 10.7 Å². The van der Waals surface area contributed by atoms with E-state index in [9.17, 15) is 0 Å². The second-order valence-electron chi connectivity index (χ2n) is 3.75. The Morgan fingerprint density at radius 1 is 1.27 bits per heavy atom. The molecule has 1 heterocycles. The lowest BCUT2D eigenvalue weighted by molar-refractivity contribution is 0.742. The van der Waals surface area contributed by atoms with Gasteiger partial charge in [0.25, 0.3) is 0 Å². The zero-order chi connectivity index (χ0) is 10.5. The summed E-state index contributed by atoms with van der Waals surface area (Å²) in [5, 5.41) is 3.31. The number of hydrogen-bond donors (Lipinski definition) is 2. The molecule has 0 spiro atoms. The van der Waals surface area contributed by atoms with Crippen molar-refractivity contribution in [2.75, 3.05) is 19.6 Å². The number of aliphatic imine (C=N–C) groups is 1. The lowest BCUT2D eigenvalue weighted by Gasteiger charge is -2.14. The van der Waals surface area contributed by atoms with Crippen LogP contribution in [0.1, 0.15) is 17.5 Å². The fraction of sp³-hybridized carbons (Fsp3) is 0.417. The molecule has 0 radical (unpaired) electrons. The molecule has 80 valence electrons. The average Bonchev–Trinajstić information content (AvgIpc) is 2.32. The summed E-state index contributed by atoms with van der Waals surface area (Å²) in [6.45, 7) is 2.68.